The highest BCUT2D eigenvalue weighted by Gasteiger charge is 2.08. The molecule has 0 aliphatic heterocycles. The van der Waals surface area contributed by atoms with Crippen LogP contribution in [0.4, 0.5) is 5.82 Å². The molecule has 0 atom stereocenters. The maximum absolute atomic E-state index is 5.63. The van der Waals surface area contributed by atoms with Crippen molar-refractivity contribution in [1.82, 2.24) is 15.0 Å². The van der Waals surface area contributed by atoms with Gasteiger partial charge in [0.2, 0.25) is 0 Å². The van der Waals surface area contributed by atoms with Gasteiger partial charge in [0, 0.05) is 10.0 Å². The number of hydrogen-bond acceptors (Lipinski definition) is 3. The topological polar surface area (TPSA) is 67.6 Å². The van der Waals surface area contributed by atoms with Crippen LogP contribution < -0.4 is 5.73 Å². The molecular formula is C12H9BrN4. The molecular weight excluding hydrogens is 280 g/mol. The number of hydrogen-bond donors (Lipinski definition) is 2. The minimum absolute atomic E-state index is 0.475. The van der Waals surface area contributed by atoms with Crippen LogP contribution in [0.1, 0.15) is 0 Å². The van der Waals surface area contributed by atoms with Gasteiger partial charge in [-0.1, -0.05) is 34.1 Å². The van der Waals surface area contributed by atoms with Gasteiger partial charge >= 0.3 is 0 Å². The number of aromatic nitrogens is 3. The fourth-order valence-electron chi connectivity index (χ4n) is 1.69. The van der Waals surface area contributed by atoms with E-state index in [1.54, 1.807) is 6.07 Å². The van der Waals surface area contributed by atoms with Crippen LogP contribution in [0.25, 0.3) is 22.6 Å². The van der Waals surface area contributed by atoms with Crippen molar-refractivity contribution < 1.29 is 0 Å². The Morgan fingerprint density at radius 3 is 2.71 bits per heavy atom. The molecule has 2 aromatic heterocycles. The van der Waals surface area contributed by atoms with Gasteiger partial charge in [-0.15, -0.1) is 0 Å². The van der Waals surface area contributed by atoms with E-state index in [4.69, 9.17) is 5.73 Å². The molecule has 0 aliphatic rings. The lowest BCUT2D eigenvalue weighted by atomic mass is 10.2. The first kappa shape index (κ1) is 10.3. The van der Waals surface area contributed by atoms with Gasteiger partial charge in [0.05, 0.1) is 5.52 Å². The number of pyridine rings is 1. The van der Waals surface area contributed by atoms with E-state index in [-0.39, 0.29) is 0 Å². The van der Waals surface area contributed by atoms with E-state index < -0.39 is 0 Å². The van der Waals surface area contributed by atoms with Crippen molar-refractivity contribution >= 4 is 32.9 Å². The number of nitrogen functional groups attached to an aromatic ring is 1. The third kappa shape index (κ3) is 1.78. The third-order valence-corrected chi connectivity index (χ3v) is 3.19. The van der Waals surface area contributed by atoms with Crippen molar-refractivity contribution in [1.29, 1.82) is 0 Å². The molecule has 5 heteroatoms. The van der Waals surface area contributed by atoms with Crippen LogP contribution in [0.3, 0.4) is 0 Å². The van der Waals surface area contributed by atoms with Gasteiger partial charge in [0.25, 0.3) is 0 Å². The van der Waals surface area contributed by atoms with Crippen LogP contribution in [0, 0.1) is 0 Å². The number of nitrogens with one attached hydrogen (secondary N) is 1. The Morgan fingerprint density at radius 1 is 1.06 bits per heavy atom. The molecule has 3 N–H and O–H groups in total. The van der Waals surface area contributed by atoms with Gasteiger partial charge in [-0.05, 0) is 18.2 Å². The summed E-state index contributed by atoms with van der Waals surface area (Å²) in [6.45, 7) is 0. The van der Waals surface area contributed by atoms with Crippen molar-refractivity contribution in [3.63, 3.8) is 0 Å². The number of anilines is 1. The molecule has 17 heavy (non-hydrogen) atoms. The molecule has 0 radical (unpaired) electrons. The Hall–Kier alpha value is -1.88. The molecule has 2 heterocycles. The zero-order valence-electron chi connectivity index (χ0n) is 8.81. The summed E-state index contributed by atoms with van der Waals surface area (Å²) in [5, 5.41) is 0. The largest absolute Gasteiger partial charge is 0.384 e. The van der Waals surface area contributed by atoms with Gasteiger partial charge in [0.15, 0.2) is 5.65 Å². The van der Waals surface area contributed by atoms with Gasteiger partial charge in [-0.25, -0.2) is 9.97 Å². The van der Waals surface area contributed by atoms with E-state index in [0.717, 1.165) is 21.4 Å². The summed E-state index contributed by atoms with van der Waals surface area (Å²) in [4.78, 5) is 11.8. The van der Waals surface area contributed by atoms with Crippen LogP contribution in [0.15, 0.2) is 40.9 Å². The van der Waals surface area contributed by atoms with E-state index in [1.807, 2.05) is 30.3 Å². The highest BCUT2D eigenvalue weighted by atomic mass is 79.9. The molecule has 0 bridgehead atoms. The summed E-state index contributed by atoms with van der Waals surface area (Å²) in [5.74, 6) is 1.26. The SMILES string of the molecule is Nc1ccc2[nH]c(-c3ccccc3Br)nc2n1. The standard InChI is InChI=1S/C12H9BrN4/c13-8-4-2-1-3-7(8)11-15-9-5-6-10(14)16-12(9)17-11/h1-6H,(H3,14,15,16,17). The fourth-order valence-corrected chi connectivity index (χ4v) is 2.16. The van der Waals surface area contributed by atoms with Crippen molar-refractivity contribution in [2.24, 2.45) is 0 Å². The Kier molecular flexibility index (Phi) is 2.33. The molecule has 0 unspecified atom stereocenters. The second-order valence-electron chi connectivity index (χ2n) is 3.67. The number of halogens is 1. The number of nitrogens with zero attached hydrogens (tertiary/aromatic N) is 2. The molecule has 3 aromatic rings. The van der Waals surface area contributed by atoms with Crippen LogP contribution in [-0.2, 0) is 0 Å². The molecule has 0 amide bonds. The first-order valence-corrected chi connectivity index (χ1v) is 5.90. The van der Waals surface area contributed by atoms with Gasteiger partial charge < -0.3 is 10.7 Å². The Bertz CT molecular complexity index is 690. The number of H-pyrrole nitrogens is 1. The Labute approximate surface area is 106 Å². The van der Waals surface area contributed by atoms with Crippen LogP contribution in [-0.4, -0.2) is 15.0 Å². The molecule has 0 saturated heterocycles. The van der Waals surface area contributed by atoms with Crippen molar-refractivity contribution in [2.45, 2.75) is 0 Å². The molecule has 0 fully saturated rings. The summed E-state index contributed by atoms with van der Waals surface area (Å²) < 4.78 is 0.993. The molecule has 3 rings (SSSR count). The van der Waals surface area contributed by atoms with E-state index >= 15 is 0 Å². The third-order valence-electron chi connectivity index (χ3n) is 2.50. The second kappa shape index (κ2) is 3.85. The first-order valence-electron chi connectivity index (χ1n) is 5.11. The lowest BCUT2D eigenvalue weighted by Crippen LogP contribution is -1.88. The van der Waals surface area contributed by atoms with Crippen LogP contribution >= 0.6 is 15.9 Å². The Morgan fingerprint density at radius 2 is 1.88 bits per heavy atom. The minimum Gasteiger partial charge on any atom is -0.384 e. The first-order chi connectivity index (χ1) is 8.24. The van der Waals surface area contributed by atoms with Gasteiger partial charge in [-0.2, -0.15) is 0 Å². The number of nitrogens with two attached hydrogens (primary N) is 1. The van der Waals surface area contributed by atoms with Crippen molar-refractivity contribution in [3.8, 4) is 11.4 Å². The zero-order chi connectivity index (χ0) is 11.8. The van der Waals surface area contributed by atoms with E-state index in [1.165, 1.54) is 0 Å². The number of rotatable bonds is 1. The van der Waals surface area contributed by atoms with E-state index in [0.29, 0.717) is 11.5 Å². The molecule has 0 spiro atoms. The predicted octanol–water partition coefficient (Wildman–Crippen LogP) is 2.97. The maximum atomic E-state index is 5.63. The second-order valence-corrected chi connectivity index (χ2v) is 4.53. The van der Waals surface area contributed by atoms with Crippen LogP contribution in [0.2, 0.25) is 0 Å². The lowest BCUT2D eigenvalue weighted by molar-refractivity contribution is 1.30. The average molecular weight is 289 g/mol. The highest BCUT2D eigenvalue weighted by Crippen LogP contribution is 2.27. The van der Waals surface area contributed by atoms with Crippen LogP contribution in [0.5, 0.6) is 0 Å². The zero-order valence-corrected chi connectivity index (χ0v) is 10.4. The fraction of sp³-hybridized carbons (Fsp3) is 0. The Balaban J connectivity index is 2.22. The number of fused-ring (bicyclic) bond motifs is 1. The number of imidazole rings is 1. The quantitative estimate of drug-likeness (QED) is 0.723. The molecule has 0 saturated carbocycles. The van der Waals surface area contributed by atoms with Crippen molar-refractivity contribution in [2.75, 3.05) is 5.73 Å². The summed E-state index contributed by atoms with van der Waals surface area (Å²) in [6.07, 6.45) is 0. The summed E-state index contributed by atoms with van der Waals surface area (Å²) in [5.41, 5.74) is 8.15. The number of benzene rings is 1. The summed E-state index contributed by atoms with van der Waals surface area (Å²) >= 11 is 3.50. The molecule has 84 valence electrons. The molecule has 1 aromatic carbocycles. The lowest BCUT2D eigenvalue weighted by Gasteiger charge is -1.98. The number of aromatic amines is 1. The normalized spacial score (nSPS) is 10.9. The summed E-state index contributed by atoms with van der Waals surface area (Å²) in [6, 6.07) is 11.5. The smallest absolute Gasteiger partial charge is 0.180 e. The molecule has 0 aliphatic carbocycles. The highest BCUT2D eigenvalue weighted by molar-refractivity contribution is 9.10. The maximum Gasteiger partial charge on any atom is 0.180 e. The van der Waals surface area contributed by atoms with E-state index in [9.17, 15) is 0 Å². The minimum atomic E-state index is 0.475. The predicted molar refractivity (Wildman–Crippen MR) is 71.4 cm³/mol. The van der Waals surface area contributed by atoms with Crippen molar-refractivity contribution in [3.05, 3.63) is 40.9 Å². The monoisotopic (exact) mass is 288 g/mol. The average Bonchev–Trinajstić information content (AvgIpc) is 2.72. The van der Waals surface area contributed by atoms with E-state index in [2.05, 4.69) is 30.9 Å². The molecule has 4 nitrogen and oxygen atoms in total. The van der Waals surface area contributed by atoms with Gasteiger partial charge in [-0.3, -0.25) is 0 Å². The summed E-state index contributed by atoms with van der Waals surface area (Å²) in [7, 11) is 0. The van der Waals surface area contributed by atoms with Gasteiger partial charge in [0.1, 0.15) is 11.6 Å².